The first kappa shape index (κ1) is 8.92. The van der Waals surface area contributed by atoms with Crippen molar-refractivity contribution in [3.05, 3.63) is 22.6 Å². The molecule has 0 aromatic carbocycles. The van der Waals surface area contributed by atoms with Gasteiger partial charge in [-0.05, 0) is 30.2 Å². The highest BCUT2D eigenvalue weighted by Gasteiger charge is 2.11. The first-order valence-electron chi connectivity index (χ1n) is 4.17. The van der Waals surface area contributed by atoms with E-state index in [9.17, 15) is 0 Å². The van der Waals surface area contributed by atoms with Crippen LogP contribution in [-0.4, -0.2) is 5.25 Å². The van der Waals surface area contributed by atoms with Crippen LogP contribution in [0.1, 0.15) is 27.7 Å². The molecule has 62 valence electrons. The zero-order valence-electron chi connectivity index (χ0n) is 7.72. The monoisotopic (exact) mass is 168 g/mol. The third kappa shape index (κ3) is 2.13. The van der Waals surface area contributed by atoms with E-state index in [2.05, 4.69) is 39.8 Å². The Morgan fingerprint density at radius 2 is 2.09 bits per heavy atom. The van der Waals surface area contributed by atoms with Crippen molar-refractivity contribution in [1.82, 2.24) is 0 Å². The van der Waals surface area contributed by atoms with Gasteiger partial charge in [-0.1, -0.05) is 26.0 Å². The summed E-state index contributed by atoms with van der Waals surface area (Å²) < 4.78 is 0. The Morgan fingerprint density at radius 3 is 2.55 bits per heavy atom. The van der Waals surface area contributed by atoms with Crippen molar-refractivity contribution >= 4 is 11.8 Å². The zero-order chi connectivity index (χ0) is 8.43. The van der Waals surface area contributed by atoms with Crippen LogP contribution in [-0.2, 0) is 0 Å². The van der Waals surface area contributed by atoms with Crippen molar-refractivity contribution in [2.24, 2.45) is 5.92 Å². The van der Waals surface area contributed by atoms with Crippen molar-refractivity contribution in [3.63, 3.8) is 0 Å². The van der Waals surface area contributed by atoms with Crippen LogP contribution < -0.4 is 0 Å². The second-order valence-electron chi connectivity index (χ2n) is 3.35. The topological polar surface area (TPSA) is 0 Å². The van der Waals surface area contributed by atoms with Gasteiger partial charge < -0.3 is 0 Å². The third-order valence-corrected chi connectivity index (χ3v) is 3.06. The smallest absolute Gasteiger partial charge is 0.0246 e. The summed E-state index contributed by atoms with van der Waals surface area (Å²) >= 11 is 1.97. The Kier molecular flexibility index (Phi) is 2.83. The van der Waals surface area contributed by atoms with E-state index in [1.165, 1.54) is 10.5 Å². The molecular formula is C10H16S. The van der Waals surface area contributed by atoms with Gasteiger partial charge >= 0.3 is 0 Å². The van der Waals surface area contributed by atoms with E-state index in [4.69, 9.17) is 0 Å². The third-order valence-electron chi connectivity index (χ3n) is 1.94. The van der Waals surface area contributed by atoms with Crippen molar-refractivity contribution < 1.29 is 0 Å². The maximum Gasteiger partial charge on any atom is 0.0246 e. The molecule has 0 amide bonds. The number of allylic oxidation sites excluding steroid dienone is 3. The van der Waals surface area contributed by atoms with Crippen LogP contribution in [0.15, 0.2) is 22.6 Å². The molecule has 11 heavy (non-hydrogen) atoms. The second-order valence-corrected chi connectivity index (χ2v) is 4.94. The average molecular weight is 168 g/mol. The van der Waals surface area contributed by atoms with Crippen LogP contribution >= 0.6 is 11.8 Å². The second kappa shape index (κ2) is 3.48. The summed E-state index contributed by atoms with van der Waals surface area (Å²) in [7, 11) is 0. The fraction of sp³-hybridized carbons (Fsp3) is 0.600. The number of hydrogen-bond acceptors (Lipinski definition) is 1. The summed E-state index contributed by atoms with van der Waals surface area (Å²) in [5.41, 5.74) is 1.51. The minimum absolute atomic E-state index is 0.664. The Bertz CT molecular complexity index is 199. The van der Waals surface area contributed by atoms with Crippen molar-refractivity contribution in [1.29, 1.82) is 0 Å². The molecule has 0 aliphatic carbocycles. The number of rotatable bonds is 1. The summed E-state index contributed by atoms with van der Waals surface area (Å²) in [5, 5.41) is 0.664. The van der Waals surface area contributed by atoms with E-state index in [0.29, 0.717) is 11.2 Å². The van der Waals surface area contributed by atoms with Gasteiger partial charge in [-0.3, -0.25) is 0 Å². The minimum atomic E-state index is 0.664. The normalized spacial score (nSPS) is 25.0. The molecule has 0 saturated carbocycles. The van der Waals surface area contributed by atoms with Gasteiger partial charge in [0.2, 0.25) is 0 Å². The number of thioether (sulfide) groups is 1. The van der Waals surface area contributed by atoms with Gasteiger partial charge in [0.1, 0.15) is 0 Å². The van der Waals surface area contributed by atoms with Crippen LogP contribution in [0.25, 0.3) is 0 Å². The average Bonchev–Trinajstić information content (AvgIpc) is 1.85. The minimum Gasteiger partial charge on any atom is -0.123 e. The maximum absolute atomic E-state index is 2.28. The molecular weight excluding hydrogens is 152 g/mol. The molecule has 0 N–H and O–H groups in total. The molecule has 1 heteroatoms. The molecule has 0 nitrogen and oxygen atoms in total. The van der Waals surface area contributed by atoms with Gasteiger partial charge in [-0.15, -0.1) is 11.8 Å². The first-order valence-corrected chi connectivity index (χ1v) is 5.05. The molecule has 0 bridgehead atoms. The van der Waals surface area contributed by atoms with E-state index in [0.717, 1.165) is 0 Å². The molecule has 0 aromatic heterocycles. The Hall–Kier alpha value is -0.170. The molecule has 1 aliphatic heterocycles. The first-order chi connectivity index (χ1) is 5.11. The fourth-order valence-corrected chi connectivity index (χ4v) is 2.50. The molecule has 1 heterocycles. The van der Waals surface area contributed by atoms with Crippen LogP contribution in [0.4, 0.5) is 0 Å². The van der Waals surface area contributed by atoms with Crippen molar-refractivity contribution in [3.8, 4) is 0 Å². The predicted molar refractivity (Wildman–Crippen MR) is 53.7 cm³/mol. The molecule has 0 aromatic rings. The summed E-state index contributed by atoms with van der Waals surface area (Å²) in [4.78, 5) is 1.50. The Morgan fingerprint density at radius 1 is 1.45 bits per heavy atom. The highest BCUT2D eigenvalue weighted by Crippen LogP contribution is 2.33. The van der Waals surface area contributed by atoms with Crippen LogP contribution in [0.2, 0.25) is 0 Å². The summed E-state index contributed by atoms with van der Waals surface area (Å²) in [5.74, 6) is 0.672. The van der Waals surface area contributed by atoms with Gasteiger partial charge in [0.05, 0.1) is 0 Å². The van der Waals surface area contributed by atoms with Gasteiger partial charge in [-0.25, -0.2) is 0 Å². The highest BCUT2D eigenvalue weighted by molar-refractivity contribution is 8.03. The maximum atomic E-state index is 2.28. The molecule has 1 rings (SSSR count). The molecule has 1 atom stereocenters. The predicted octanol–water partition coefficient (Wildman–Crippen LogP) is 3.61. The largest absolute Gasteiger partial charge is 0.123 e. The SMILES string of the molecule is CC1=C(C(C)C)C=C[C@@H](C)S1. The lowest BCUT2D eigenvalue weighted by atomic mass is 10.0. The van der Waals surface area contributed by atoms with E-state index in [1.54, 1.807) is 0 Å². The van der Waals surface area contributed by atoms with Crippen LogP contribution in [0.5, 0.6) is 0 Å². The highest BCUT2D eigenvalue weighted by atomic mass is 32.2. The summed E-state index contributed by atoms with van der Waals surface area (Å²) in [6.07, 6.45) is 4.56. The van der Waals surface area contributed by atoms with Crippen LogP contribution in [0, 0.1) is 5.92 Å². The van der Waals surface area contributed by atoms with Crippen molar-refractivity contribution in [2.45, 2.75) is 32.9 Å². The molecule has 0 spiro atoms. The Labute approximate surface area is 73.8 Å². The van der Waals surface area contributed by atoms with Gasteiger partial charge in [-0.2, -0.15) is 0 Å². The van der Waals surface area contributed by atoms with E-state index < -0.39 is 0 Å². The quantitative estimate of drug-likeness (QED) is 0.576. The van der Waals surface area contributed by atoms with Gasteiger partial charge in [0.15, 0.2) is 0 Å². The van der Waals surface area contributed by atoms with Crippen LogP contribution in [0.3, 0.4) is 0 Å². The van der Waals surface area contributed by atoms with Gasteiger partial charge in [0, 0.05) is 5.25 Å². The van der Waals surface area contributed by atoms with E-state index >= 15 is 0 Å². The standard InChI is InChI=1S/C10H16S/c1-7(2)10-6-5-8(3)11-9(10)4/h5-8H,1-4H3/t8-/m1/s1. The fourth-order valence-electron chi connectivity index (χ4n) is 1.34. The van der Waals surface area contributed by atoms with E-state index in [1.807, 2.05) is 11.8 Å². The Balaban J connectivity index is 2.80. The number of hydrogen-bond donors (Lipinski definition) is 0. The summed E-state index contributed by atoms with van der Waals surface area (Å²) in [6, 6.07) is 0. The van der Waals surface area contributed by atoms with Crippen molar-refractivity contribution in [2.75, 3.05) is 0 Å². The molecule has 0 saturated heterocycles. The lowest BCUT2D eigenvalue weighted by molar-refractivity contribution is 0.785. The molecule has 0 unspecified atom stereocenters. The summed E-state index contributed by atoms with van der Waals surface area (Å²) in [6.45, 7) is 8.96. The van der Waals surface area contributed by atoms with Gasteiger partial charge in [0.25, 0.3) is 0 Å². The molecule has 1 aliphatic rings. The lowest BCUT2D eigenvalue weighted by Crippen LogP contribution is -2.02. The molecule has 0 fully saturated rings. The molecule has 0 radical (unpaired) electrons. The zero-order valence-corrected chi connectivity index (χ0v) is 8.53. The van der Waals surface area contributed by atoms with E-state index in [-0.39, 0.29) is 0 Å². The lowest BCUT2D eigenvalue weighted by Gasteiger charge is -2.18.